The number of nitrogens with zero attached hydrogens (tertiary/aromatic N) is 1. The molecule has 0 fully saturated rings. The van der Waals surface area contributed by atoms with Gasteiger partial charge < -0.3 is 20.7 Å². The van der Waals surface area contributed by atoms with E-state index >= 15 is 4.39 Å². The van der Waals surface area contributed by atoms with Crippen molar-refractivity contribution in [3.8, 4) is 16.9 Å². The van der Waals surface area contributed by atoms with Crippen molar-refractivity contribution in [2.75, 3.05) is 0 Å². The predicted octanol–water partition coefficient (Wildman–Crippen LogP) is 6.21. The zero-order valence-corrected chi connectivity index (χ0v) is 22.4. The summed E-state index contributed by atoms with van der Waals surface area (Å²) < 4.78 is 15.0. The molecule has 2 amide bonds. The Bertz CT molecular complexity index is 1900. The number of carbonyl (C=O) groups is 2. The number of fused-ring (bicyclic) bond motifs is 2. The van der Waals surface area contributed by atoms with E-state index in [1.807, 2.05) is 42.5 Å². The van der Waals surface area contributed by atoms with E-state index in [-0.39, 0.29) is 12.2 Å². The van der Waals surface area contributed by atoms with Gasteiger partial charge in [-0.05, 0) is 53.1 Å². The first-order chi connectivity index (χ1) is 20.5. The number of alkyl halides is 1. The highest BCUT2D eigenvalue weighted by molar-refractivity contribution is 5.99. The Labute approximate surface area is 241 Å². The lowest BCUT2D eigenvalue weighted by atomic mass is 9.99. The molecule has 0 aliphatic heterocycles. The number of H-pyrrole nitrogens is 1. The van der Waals surface area contributed by atoms with Gasteiger partial charge in [0.2, 0.25) is 5.91 Å². The summed E-state index contributed by atoms with van der Waals surface area (Å²) in [5, 5.41) is 17.4. The molecule has 2 aromatic heterocycles. The molecule has 0 aliphatic carbocycles. The fourth-order valence-electron chi connectivity index (χ4n) is 5.08. The number of hydrogen-bond donors (Lipinski definition) is 4. The van der Waals surface area contributed by atoms with Crippen LogP contribution in [0.5, 0.6) is 5.75 Å². The highest BCUT2D eigenvalue weighted by Crippen LogP contribution is 2.31. The highest BCUT2D eigenvalue weighted by atomic mass is 19.1. The number of hydrogen-bond acceptors (Lipinski definition) is 4. The molecule has 0 spiro atoms. The van der Waals surface area contributed by atoms with Crippen LogP contribution < -0.4 is 10.6 Å². The first-order valence-corrected chi connectivity index (χ1v) is 13.5. The van der Waals surface area contributed by atoms with Gasteiger partial charge in [0.25, 0.3) is 5.91 Å². The van der Waals surface area contributed by atoms with E-state index in [1.165, 1.54) is 0 Å². The summed E-state index contributed by atoms with van der Waals surface area (Å²) in [7, 11) is 0. The monoisotopic (exact) mass is 558 g/mol. The summed E-state index contributed by atoms with van der Waals surface area (Å²) in [5.74, 6) is -1.10. The molecule has 0 saturated heterocycles. The maximum absolute atomic E-state index is 15.0. The zero-order valence-electron chi connectivity index (χ0n) is 22.4. The summed E-state index contributed by atoms with van der Waals surface area (Å²) in [4.78, 5) is 34.3. The Kier molecular flexibility index (Phi) is 7.34. The Morgan fingerprint density at radius 1 is 0.857 bits per heavy atom. The van der Waals surface area contributed by atoms with Crippen LogP contribution >= 0.6 is 0 Å². The molecule has 2 heterocycles. The van der Waals surface area contributed by atoms with Crippen LogP contribution in [0.25, 0.3) is 32.9 Å². The number of amides is 2. The fraction of sp³-hybridized carbons (Fsp3) is 0.0882. The number of rotatable bonds is 8. The average molecular weight is 559 g/mol. The molecular formula is C34H27FN4O3. The van der Waals surface area contributed by atoms with Crippen LogP contribution in [0, 0.1) is 0 Å². The van der Waals surface area contributed by atoms with E-state index < -0.39 is 24.2 Å². The lowest BCUT2D eigenvalue weighted by Crippen LogP contribution is -2.48. The van der Waals surface area contributed by atoms with E-state index in [0.717, 1.165) is 21.9 Å². The topological polar surface area (TPSA) is 107 Å². The Morgan fingerprint density at radius 2 is 1.67 bits per heavy atom. The van der Waals surface area contributed by atoms with Crippen molar-refractivity contribution >= 4 is 33.6 Å². The van der Waals surface area contributed by atoms with Crippen molar-refractivity contribution in [3.63, 3.8) is 0 Å². The van der Waals surface area contributed by atoms with Gasteiger partial charge in [0.05, 0.1) is 0 Å². The van der Waals surface area contributed by atoms with Gasteiger partial charge in [-0.2, -0.15) is 0 Å². The maximum Gasteiger partial charge on any atom is 0.251 e. The molecule has 0 radical (unpaired) electrons. The molecule has 2 unspecified atom stereocenters. The second-order valence-corrected chi connectivity index (χ2v) is 10.0. The van der Waals surface area contributed by atoms with Crippen molar-refractivity contribution in [1.82, 2.24) is 20.6 Å². The van der Waals surface area contributed by atoms with Crippen LogP contribution in [0.2, 0.25) is 0 Å². The van der Waals surface area contributed by atoms with Gasteiger partial charge >= 0.3 is 0 Å². The molecule has 2 atom stereocenters. The summed E-state index contributed by atoms with van der Waals surface area (Å²) in [5.41, 5.74) is 4.23. The Hall–Kier alpha value is -5.50. The minimum Gasteiger partial charge on any atom is -0.506 e. The first-order valence-electron chi connectivity index (χ1n) is 13.5. The molecule has 42 heavy (non-hydrogen) atoms. The van der Waals surface area contributed by atoms with Crippen molar-refractivity contribution in [1.29, 1.82) is 0 Å². The Balaban J connectivity index is 1.28. The summed E-state index contributed by atoms with van der Waals surface area (Å²) >= 11 is 0. The average Bonchev–Trinajstić information content (AvgIpc) is 3.43. The standard InChI is InChI=1S/C34H27FN4O3/c35-32(21-8-2-1-3-9-21)39-34(42)29(18-26-20-37-28-14-5-4-13-27(26)28)38-33(41)24-11-6-10-22(16-24)25-17-23-12-7-15-36-31(23)30(40)19-25/h1-17,19-20,29,32,37,40H,18H2,(H,38,41)(H,39,42). The van der Waals surface area contributed by atoms with Gasteiger partial charge in [0.1, 0.15) is 17.3 Å². The van der Waals surface area contributed by atoms with Gasteiger partial charge in [0, 0.05) is 46.2 Å². The van der Waals surface area contributed by atoms with E-state index in [2.05, 4.69) is 20.6 Å². The van der Waals surface area contributed by atoms with Gasteiger partial charge in [-0.15, -0.1) is 0 Å². The number of carbonyl (C=O) groups excluding carboxylic acids is 2. The van der Waals surface area contributed by atoms with Crippen LogP contribution in [0.4, 0.5) is 4.39 Å². The Morgan fingerprint density at radius 3 is 2.52 bits per heavy atom. The van der Waals surface area contributed by atoms with Crippen molar-refractivity contribution < 1.29 is 19.1 Å². The molecule has 0 bridgehead atoms. The number of halogens is 1. The number of aromatic amines is 1. The van der Waals surface area contributed by atoms with Crippen LogP contribution in [0.3, 0.4) is 0 Å². The molecule has 6 rings (SSSR count). The molecule has 208 valence electrons. The number of aromatic nitrogens is 2. The lowest BCUT2D eigenvalue weighted by molar-refractivity contribution is -0.124. The van der Waals surface area contributed by atoms with Crippen LogP contribution in [0.1, 0.15) is 27.8 Å². The quantitative estimate of drug-likeness (QED) is 0.167. The molecule has 0 aliphatic rings. The predicted molar refractivity (Wildman–Crippen MR) is 161 cm³/mol. The van der Waals surface area contributed by atoms with Crippen LogP contribution in [-0.4, -0.2) is 32.9 Å². The van der Waals surface area contributed by atoms with Gasteiger partial charge in [0.15, 0.2) is 6.30 Å². The zero-order chi connectivity index (χ0) is 29.1. The molecule has 0 saturated carbocycles. The summed E-state index contributed by atoms with van der Waals surface area (Å²) in [6.45, 7) is 0. The number of nitrogens with one attached hydrogen (secondary N) is 3. The van der Waals surface area contributed by atoms with Crippen LogP contribution in [-0.2, 0) is 11.2 Å². The molecule has 6 aromatic rings. The van der Waals surface area contributed by atoms with Crippen molar-refractivity contribution in [3.05, 3.63) is 132 Å². The lowest BCUT2D eigenvalue weighted by Gasteiger charge is -2.20. The summed E-state index contributed by atoms with van der Waals surface area (Å²) in [6, 6.07) is 28.9. The number of phenolic OH excluding ortho intramolecular Hbond substituents is 1. The second-order valence-electron chi connectivity index (χ2n) is 10.0. The minimum absolute atomic E-state index is 0.0348. The molecular weight excluding hydrogens is 531 g/mol. The molecule has 8 heteroatoms. The fourth-order valence-corrected chi connectivity index (χ4v) is 5.08. The maximum atomic E-state index is 15.0. The first kappa shape index (κ1) is 26.7. The molecule has 7 nitrogen and oxygen atoms in total. The minimum atomic E-state index is -1.74. The van der Waals surface area contributed by atoms with Crippen LogP contribution in [0.15, 0.2) is 116 Å². The van der Waals surface area contributed by atoms with E-state index in [0.29, 0.717) is 27.8 Å². The third kappa shape index (κ3) is 5.55. The van der Waals surface area contributed by atoms with Gasteiger partial charge in [-0.3, -0.25) is 14.6 Å². The van der Waals surface area contributed by atoms with Gasteiger partial charge in [-0.25, -0.2) is 4.39 Å². The van der Waals surface area contributed by atoms with E-state index in [4.69, 9.17) is 0 Å². The highest BCUT2D eigenvalue weighted by Gasteiger charge is 2.26. The summed E-state index contributed by atoms with van der Waals surface area (Å²) in [6.07, 6.45) is 1.82. The third-order valence-corrected chi connectivity index (χ3v) is 7.22. The SMILES string of the molecule is O=C(NC(Cc1c[nH]c2ccccc12)C(=O)NC(F)c1ccccc1)c1cccc(-c2cc(O)c3ncccc3c2)c1. The number of pyridine rings is 1. The second kappa shape index (κ2) is 11.5. The number of aromatic hydroxyl groups is 1. The van der Waals surface area contributed by atoms with E-state index in [9.17, 15) is 14.7 Å². The molecule has 4 N–H and O–H groups in total. The number of phenols is 1. The largest absolute Gasteiger partial charge is 0.506 e. The van der Waals surface area contributed by atoms with E-state index in [1.54, 1.807) is 73.1 Å². The van der Waals surface area contributed by atoms with Crippen molar-refractivity contribution in [2.24, 2.45) is 0 Å². The normalized spacial score (nSPS) is 12.6. The molecule has 4 aromatic carbocycles. The number of para-hydroxylation sites is 1. The van der Waals surface area contributed by atoms with Gasteiger partial charge in [-0.1, -0.05) is 66.7 Å². The third-order valence-electron chi connectivity index (χ3n) is 7.22. The smallest absolute Gasteiger partial charge is 0.251 e. The van der Waals surface area contributed by atoms with Crippen molar-refractivity contribution in [2.45, 2.75) is 18.8 Å². The number of benzene rings is 4.